The van der Waals surface area contributed by atoms with Crippen molar-refractivity contribution in [2.75, 3.05) is 11.1 Å². The number of nitrogens with zero attached hydrogens (tertiary/aromatic N) is 1. The molecule has 0 aliphatic heterocycles. The Labute approximate surface area is 92.1 Å². The zero-order valence-corrected chi connectivity index (χ0v) is 9.83. The molecule has 0 saturated heterocycles. The van der Waals surface area contributed by atoms with Crippen molar-refractivity contribution in [1.82, 2.24) is 4.98 Å². The zero-order valence-electron chi connectivity index (χ0n) is 9.83. The minimum absolute atomic E-state index is 0.439. The molecule has 0 aromatic carbocycles. The molecule has 0 aliphatic rings. The fourth-order valence-electron chi connectivity index (χ4n) is 1.61. The molecule has 1 aromatic heterocycles. The lowest BCUT2D eigenvalue weighted by atomic mass is 10.0. The minimum atomic E-state index is 0.439. The molecule has 15 heavy (non-hydrogen) atoms. The van der Waals surface area contributed by atoms with E-state index < -0.39 is 0 Å². The van der Waals surface area contributed by atoms with Crippen molar-refractivity contribution in [3.05, 3.63) is 18.2 Å². The highest BCUT2D eigenvalue weighted by molar-refractivity contribution is 5.42. The number of hydrogen-bond donors (Lipinski definition) is 2. The third-order valence-electron chi connectivity index (χ3n) is 2.62. The van der Waals surface area contributed by atoms with Crippen LogP contribution in [0.25, 0.3) is 0 Å². The van der Waals surface area contributed by atoms with E-state index in [0.29, 0.717) is 11.9 Å². The molecule has 1 aromatic rings. The van der Waals surface area contributed by atoms with Gasteiger partial charge in [-0.1, -0.05) is 26.3 Å². The molecular weight excluding hydrogens is 186 g/mol. The van der Waals surface area contributed by atoms with Crippen LogP contribution in [0.4, 0.5) is 11.6 Å². The fraction of sp³-hybridized carbons (Fsp3) is 0.583. The lowest BCUT2D eigenvalue weighted by Gasteiger charge is -2.18. The second-order valence-corrected chi connectivity index (χ2v) is 4.24. The standard InChI is InChI=1S/C12H21N3/c1-4-9(2)8-10(3)14-12-7-5-6-11(13)15-12/h5-7,9-10H,4,8H2,1-3H3,(H3,13,14,15). The van der Waals surface area contributed by atoms with Crippen molar-refractivity contribution in [2.24, 2.45) is 5.92 Å². The van der Waals surface area contributed by atoms with Gasteiger partial charge < -0.3 is 11.1 Å². The normalized spacial score (nSPS) is 14.6. The van der Waals surface area contributed by atoms with Crippen LogP contribution < -0.4 is 11.1 Å². The van der Waals surface area contributed by atoms with Gasteiger partial charge in [0.1, 0.15) is 11.6 Å². The summed E-state index contributed by atoms with van der Waals surface area (Å²) in [5, 5.41) is 3.36. The Morgan fingerprint density at radius 2 is 2.13 bits per heavy atom. The largest absolute Gasteiger partial charge is 0.384 e. The maximum absolute atomic E-state index is 5.61. The van der Waals surface area contributed by atoms with Gasteiger partial charge in [0.15, 0.2) is 0 Å². The maximum Gasteiger partial charge on any atom is 0.128 e. The Bertz CT molecular complexity index is 299. The summed E-state index contributed by atoms with van der Waals surface area (Å²) < 4.78 is 0. The van der Waals surface area contributed by atoms with E-state index in [0.717, 1.165) is 18.2 Å². The van der Waals surface area contributed by atoms with Crippen LogP contribution in [0, 0.1) is 5.92 Å². The van der Waals surface area contributed by atoms with Gasteiger partial charge >= 0.3 is 0 Å². The average Bonchev–Trinajstić information content (AvgIpc) is 2.17. The molecule has 1 heterocycles. The first kappa shape index (κ1) is 11.8. The monoisotopic (exact) mass is 207 g/mol. The number of pyridine rings is 1. The summed E-state index contributed by atoms with van der Waals surface area (Å²) >= 11 is 0. The highest BCUT2D eigenvalue weighted by atomic mass is 15.0. The third-order valence-corrected chi connectivity index (χ3v) is 2.62. The number of aromatic nitrogens is 1. The maximum atomic E-state index is 5.61. The Balaban J connectivity index is 2.47. The number of nitrogens with two attached hydrogens (primary N) is 1. The first-order valence-corrected chi connectivity index (χ1v) is 5.61. The topological polar surface area (TPSA) is 50.9 Å². The quantitative estimate of drug-likeness (QED) is 0.780. The van der Waals surface area contributed by atoms with Crippen molar-refractivity contribution in [3.63, 3.8) is 0 Å². The van der Waals surface area contributed by atoms with Gasteiger partial charge in [0.2, 0.25) is 0 Å². The van der Waals surface area contributed by atoms with E-state index in [-0.39, 0.29) is 0 Å². The molecule has 2 unspecified atom stereocenters. The average molecular weight is 207 g/mol. The molecule has 0 spiro atoms. The van der Waals surface area contributed by atoms with Crippen molar-refractivity contribution < 1.29 is 0 Å². The SMILES string of the molecule is CCC(C)CC(C)Nc1cccc(N)n1. The van der Waals surface area contributed by atoms with E-state index in [4.69, 9.17) is 5.73 Å². The van der Waals surface area contributed by atoms with Crippen molar-refractivity contribution in [1.29, 1.82) is 0 Å². The van der Waals surface area contributed by atoms with Crippen molar-refractivity contribution in [3.8, 4) is 0 Å². The molecule has 0 fully saturated rings. The third kappa shape index (κ3) is 4.19. The smallest absolute Gasteiger partial charge is 0.128 e. The molecule has 0 aliphatic carbocycles. The van der Waals surface area contributed by atoms with Crippen LogP contribution in [0.15, 0.2) is 18.2 Å². The molecule has 3 heteroatoms. The molecule has 0 radical (unpaired) electrons. The molecule has 0 amide bonds. The number of nitrogens with one attached hydrogen (secondary N) is 1. The van der Waals surface area contributed by atoms with Gasteiger partial charge in [-0.2, -0.15) is 0 Å². The van der Waals surface area contributed by atoms with Crippen LogP contribution in [-0.4, -0.2) is 11.0 Å². The summed E-state index contributed by atoms with van der Waals surface area (Å²) in [6.07, 6.45) is 2.38. The second kappa shape index (κ2) is 5.59. The Hall–Kier alpha value is -1.25. The van der Waals surface area contributed by atoms with Gasteiger partial charge in [-0.25, -0.2) is 4.98 Å². The van der Waals surface area contributed by atoms with E-state index in [1.54, 1.807) is 6.07 Å². The van der Waals surface area contributed by atoms with Crippen LogP contribution >= 0.6 is 0 Å². The fourth-order valence-corrected chi connectivity index (χ4v) is 1.61. The molecule has 2 atom stereocenters. The van der Waals surface area contributed by atoms with Crippen LogP contribution in [0.5, 0.6) is 0 Å². The van der Waals surface area contributed by atoms with Gasteiger partial charge in [0.05, 0.1) is 0 Å². The highest BCUT2D eigenvalue weighted by Gasteiger charge is 2.07. The van der Waals surface area contributed by atoms with Gasteiger partial charge in [-0.15, -0.1) is 0 Å². The summed E-state index contributed by atoms with van der Waals surface area (Å²) in [5.74, 6) is 2.18. The number of hydrogen-bond acceptors (Lipinski definition) is 3. The van der Waals surface area contributed by atoms with E-state index in [1.807, 2.05) is 12.1 Å². The molecule has 1 rings (SSSR count). The van der Waals surface area contributed by atoms with Crippen molar-refractivity contribution in [2.45, 2.75) is 39.7 Å². The number of anilines is 2. The number of rotatable bonds is 5. The zero-order chi connectivity index (χ0) is 11.3. The highest BCUT2D eigenvalue weighted by Crippen LogP contribution is 2.14. The van der Waals surface area contributed by atoms with Gasteiger partial charge in [0.25, 0.3) is 0 Å². The van der Waals surface area contributed by atoms with E-state index in [9.17, 15) is 0 Å². The Morgan fingerprint density at radius 3 is 2.73 bits per heavy atom. The predicted molar refractivity (Wildman–Crippen MR) is 65.8 cm³/mol. The van der Waals surface area contributed by atoms with Gasteiger partial charge in [-0.3, -0.25) is 0 Å². The van der Waals surface area contributed by atoms with E-state index >= 15 is 0 Å². The summed E-state index contributed by atoms with van der Waals surface area (Å²) in [4.78, 5) is 4.21. The summed E-state index contributed by atoms with van der Waals surface area (Å²) in [7, 11) is 0. The van der Waals surface area contributed by atoms with Crippen LogP contribution in [0.3, 0.4) is 0 Å². The Kier molecular flexibility index (Phi) is 4.40. The van der Waals surface area contributed by atoms with Gasteiger partial charge in [0, 0.05) is 6.04 Å². The number of nitrogen functional groups attached to an aromatic ring is 1. The first-order valence-electron chi connectivity index (χ1n) is 5.61. The lowest BCUT2D eigenvalue weighted by molar-refractivity contribution is 0.483. The van der Waals surface area contributed by atoms with Crippen LogP contribution in [0.2, 0.25) is 0 Å². The predicted octanol–water partition coefficient (Wildman–Crippen LogP) is 2.90. The molecule has 0 saturated carbocycles. The summed E-state index contributed by atoms with van der Waals surface area (Å²) in [6.45, 7) is 6.66. The first-order chi connectivity index (χ1) is 7.11. The second-order valence-electron chi connectivity index (χ2n) is 4.24. The molecule has 84 valence electrons. The molecule has 0 bridgehead atoms. The molecule has 3 nitrogen and oxygen atoms in total. The minimum Gasteiger partial charge on any atom is -0.384 e. The summed E-state index contributed by atoms with van der Waals surface area (Å²) in [5.41, 5.74) is 5.61. The molecule has 3 N–H and O–H groups in total. The lowest BCUT2D eigenvalue weighted by Crippen LogP contribution is -2.19. The Morgan fingerprint density at radius 1 is 1.40 bits per heavy atom. The van der Waals surface area contributed by atoms with Crippen molar-refractivity contribution >= 4 is 11.6 Å². The van der Waals surface area contributed by atoms with E-state index in [1.165, 1.54) is 6.42 Å². The summed E-state index contributed by atoms with van der Waals surface area (Å²) in [6, 6.07) is 6.10. The van der Waals surface area contributed by atoms with Crippen LogP contribution in [-0.2, 0) is 0 Å². The van der Waals surface area contributed by atoms with Crippen LogP contribution in [0.1, 0.15) is 33.6 Å². The molecular formula is C12H21N3. The van der Waals surface area contributed by atoms with Gasteiger partial charge in [-0.05, 0) is 31.4 Å². The van der Waals surface area contributed by atoms with E-state index in [2.05, 4.69) is 31.1 Å².